The number of hydrogen-bond acceptors (Lipinski definition) is 4. The van der Waals surface area contributed by atoms with E-state index >= 15 is 0 Å². The molecule has 0 bridgehead atoms. The number of anilines is 2. The summed E-state index contributed by atoms with van der Waals surface area (Å²) >= 11 is 0. The van der Waals surface area contributed by atoms with Gasteiger partial charge in [0.15, 0.2) is 0 Å². The minimum Gasteiger partial charge on any atom is -0.398 e. The van der Waals surface area contributed by atoms with E-state index in [-0.39, 0.29) is 18.0 Å². The summed E-state index contributed by atoms with van der Waals surface area (Å²) in [4.78, 5) is 15.1. The number of benzene rings is 1. The topological polar surface area (TPSA) is 70.4 Å². The van der Waals surface area contributed by atoms with Crippen molar-refractivity contribution >= 4 is 17.3 Å². The lowest BCUT2D eigenvalue weighted by atomic mass is 10.0. The van der Waals surface area contributed by atoms with Crippen molar-refractivity contribution in [2.24, 2.45) is 0 Å². The molecule has 5 heteroatoms. The van der Waals surface area contributed by atoms with Crippen LogP contribution in [0.2, 0.25) is 0 Å². The van der Waals surface area contributed by atoms with Crippen molar-refractivity contribution in [1.29, 1.82) is 0 Å². The van der Waals surface area contributed by atoms with Gasteiger partial charge in [-0.25, -0.2) is 0 Å². The summed E-state index contributed by atoms with van der Waals surface area (Å²) in [6.45, 7) is 13.6. The molecule has 0 aromatic heterocycles. The zero-order valence-corrected chi connectivity index (χ0v) is 17.1. The molecular formula is C21H36N4O. The molecule has 1 aromatic rings. The largest absolute Gasteiger partial charge is 0.398 e. The predicted octanol–water partition coefficient (Wildman–Crippen LogP) is 3.38. The molecule has 0 saturated carbocycles. The molecule has 0 spiro atoms. The highest BCUT2D eigenvalue weighted by Gasteiger charge is 2.23. The van der Waals surface area contributed by atoms with Gasteiger partial charge in [0.1, 0.15) is 6.04 Å². The van der Waals surface area contributed by atoms with E-state index in [0.717, 1.165) is 54.0 Å². The molecule has 0 aliphatic carbocycles. The fourth-order valence-corrected chi connectivity index (χ4v) is 3.71. The Kier molecular flexibility index (Phi) is 7.33. The second-order valence-electron chi connectivity index (χ2n) is 7.77. The molecule has 1 amide bonds. The normalized spacial score (nSPS) is 17.1. The summed E-state index contributed by atoms with van der Waals surface area (Å²) in [5.74, 6) is 0.0648. The van der Waals surface area contributed by atoms with Crippen LogP contribution in [0.1, 0.15) is 56.2 Å². The number of carbonyl (C=O) groups is 1. The summed E-state index contributed by atoms with van der Waals surface area (Å²) in [6.07, 6.45) is 4.58. The summed E-state index contributed by atoms with van der Waals surface area (Å²) in [7, 11) is 0. The second kappa shape index (κ2) is 9.26. The standard InChI is InChI=1S/C21H36N4O/c1-6-7-10-25-11-8-18(9-12-25)24-21(26)17(5)23-20-15(3)13-14(2)19(22)16(20)4/h13,17-18,23H,6-12,22H2,1-5H3,(H,24,26). The van der Waals surface area contributed by atoms with E-state index in [1.807, 2.05) is 20.8 Å². The molecule has 146 valence electrons. The monoisotopic (exact) mass is 360 g/mol. The van der Waals surface area contributed by atoms with E-state index in [1.165, 1.54) is 19.4 Å². The first-order valence-electron chi connectivity index (χ1n) is 9.99. The number of hydrogen-bond donors (Lipinski definition) is 3. The second-order valence-corrected chi connectivity index (χ2v) is 7.77. The van der Waals surface area contributed by atoms with E-state index < -0.39 is 0 Å². The van der Waals surface area contributed by atoms with Gasteiger partial charge in [-0.1, -0.05) is 19.4 Å². The highest BCUT2D eigenvalue weighted by molar-refractivity contribution is 5.85. The van der Waals surface area contributed by atoms with Crippen LogP contribution in [-0.2, 0) is 4.79 Å². The van der Waals surface area contributed by atoms with Gasteiger partial charge >= 0.3 is 0 Å². The zero-order chi connectivity index (χ0) is 19.3. The molecule has 1 fully saturated rings. The number of unbranched alkanes of at least 4 members (excludes halogenated alkanes) is 1. The fraction of sp³-hybridized carbons (Fsp3) is 0.667. The molecule has 26 heavy (non-hydrogen) atoms. The average molecular weight is 361 g/mol. The van der Waals surface area contributed by atoms with Crippen LogP contribution in [0.5, 0.6) is 0 Å². The number of nitrogens with two attached hydrogens (primary N) is 1. The maximum atomic E-state index is 12.6. The van der Waals surface area contributed by atoms with E-state index in [9.17, 15) is 4.79 Å². The number of nitrogens with one attached hydrogen (secondary N) is 2. The maximum Gasteiger partial charge on any atom is 0.242 e. The first kappa shape index (κ1) is 20.6. The van der Waals surface area contributed by atoms with E-state index in [0.29, 0.717) is 0 Å². The number of likely N-dealkylation sites (tertiary alicyclic amines) is 1. The van der Waals surface area contributed by atoms with Crippen molar-refractivity contribution < 1.29 is 4.79 Å². The molecule has 2 rings (SSSR count). The molecule has 1 aliphatic rings. The first-order valence-corrected chi connectivity index (χ1v) is 9.99. The molecular weight excluding hydrogens is 324 g/mol. The molecule has 1 unspecified atom stereocenters. The Morgan fingerprint density at radius 3 is 2.54 bits per heavy atom. The van der Waals surface area contributed by atoms with Crippen LogP contribution in [0.3, 0.4) is 0 Å². The third kappa shape index (κ3) is 5.13. The lowest BCUT2D eigenvalue weighted by Gasteiger charge is -2.33. The van der Waals surface area contributed by atoms with E-state index in [2.05, 4.69) is 35.4 Å². The molecule has 5 nitrogen and oxygen atoms in total. The van der Waals surface area contributed by atoms with E-state index in [4.69, 9.17) is 5.73 Å². The van der Waals surface area contributed by atoms with Gasteiger partial charge in [-0.3, -0.25) is 4.79 Å². The van der Waals surface area contributed by atoms with Crippen LogP contribution in [0, 0.1) is 20.8 Å². The van der Waals surface area contributed by atoms with Crippen LogP contribution < -0.4 is 16.4 Å². The van der Waals surface area contributed by atoms with E-state index in [1.54, 1.807) is 0 Å². The van der Waals surface area contributed by atoms with Crippen molar-refractivity contribution in [3.63, 3.8) is 0 Å². The molecule has 1 atom stereocenters. The molecule has 1 aliphatic heterocycles. The van der Waals surface area contributed by atoms with Gasteiger partial charge < -0.3 is 21.3 Å². The Labute approximate surface area is 158 Å². The number of nitrogen functional groups attached to an aromatic ring is 1. The molecule has 4 N–H and O–H groups in total. The van der Waals surface area contributed by atoms with Gasteiger partial charge in [-0.15, -0.1) is 0 Å². The maximum absolute atomic E-state index is 12.6. The highest BCUT2D eigenvalue weighted by Crippen LogP contribution is 2.29. The number of amides is 1. The Hall–Kier alpha value is -1.75. The van der Waals surface area contributed by atoms with Crippen molar-refractivity contribution in [1.82, 2.24) is 10.2 Å². The summed E-state index contributed by atoms with van der Waals surface area (Å²) < 4.78 is 0. The van der Waals surface area contributed by atoms with Gasteiger partial charge in [0, 0.05) is 30.5 Å². The highest BCUT2D eigenvalue weighted by atomic mass is 16.2. The Balaban J connectivity index is 1.88. The van der Waals surface area contributed by atoms with Crippen LogP contribution >= 0.6 is 0 Å². The number of carbonyl (C=O) groups excluding carboxylic acids is 1. The minimum absolute atomic E-state index is 0.0648. The summed E-state index contributed by atoms with van der Waals surface area (Å²) in [6, 6.07) is 2.07. The van der Waals surface area contributed by atoms with Crippen LogP contribution in [-0.4, -0.2) is 42.5 Å². The summed E-state index contributed by atoms with van der Waals surface area (Å²) in [5.41, 5.74) is 11.2. The minimum atomic E-state index is -0.285. The molecule has 1 aromatic carbocycles. The third-order valence-electron chi connectivity index (χ3n) is 5.55. The Morgan fingerprint density at radius 1 is 1.27 bits per heavy atom. The van der Waals surface area contributed by atoms with Crippen molar-refractivity contribution in [2.75, 3.05) is 30.7 Å². The van der Waals surface area contributed by atoms with Gasteiger partial charge in [0.05, 0.1) is 0 Å². The number of piperidine rings is 1. The quantitative estimate of drug-likeness (QED) is 0.652. The van der Waals surface area contributed by atoms with Crippen molar-refractivity contribution in [2.45, 2.75) is 72.4 Å². The number of aryl methyl sites for hydroxylation is 2. The van der Waals surface area contributed by atoms with Crippen LogP contribution in [0.4, 0.5) is 11.4 Å². The van der Waals surface area contributed by atoms with Gasteiger partial charge in [0.2, 0.25) is 5.91 Å². The molecule has 1 heterocycles. The number of rotatable bonds is 7. The lowest BCUT2D eigenvalue weighted by Crippen LogP contribution is -2.48. The Morgan fingerprint density at radius 2 is 1.92 bits per heavy atom. The molecule has 0 radical (unpaired) electrons. The zero-order valence-electron chi connectivity index (χ0n) is 17.1. The summed E-state index contributed by atoms with van der Waals surface area (Å²) in [5, 5.41) is 6.59. The SMILES string of the molecule is CCCCN1CCC(NC(=O)C(C)Nc2c(C)cc(C)c(N)c2C)CC1. The predicted molar refractivity (Wildman–Crippen MR) is 111 cm³/mol. The smallest absolute Gasteiger partial charge is 0.242 e. The van der Waals surface area contributed by atoms with Crippen molar-refractivity contribution in [3.8, 4) is 0 Å². The van der Waals surface area contributed by atoms with Crippen LogP contribution in [0.25, 0.3) is 0 Å². The lowest BCUT2D eigenvalue weighted by molar-refractivity contribution is -0.122. The van der Waals surface area contributed by atoms with Crippen LogP contribution in [0.15, 0.2) is 6.07 Å². The van der Waals surface area contributed by atoms with Crippen molar-refractivity contribution in [3.05, 3.63) is 22.8 Å². The molecule has 1 saturated heterocycles. The fourth-order valence-electron chi connectivity index (χ4n) is 3.71. The van der Waals surface area contributed by atoms with Gasteiger partial charge in [0.25, 0.3) is 0 Å². The van der Waals surface area contributed by atoms with Gasteiger partial charge in [-0.2, -0.15) is 0 Å². The third-order valence-corrected chi connectivity index (χ3v) is 5.55. The first-order chi connectivity index (χ1) is 12.3. The van der Waals surface area contributed by atoms with Gasteiger partial charge in [-0.05, 0) is 70.2 Å². The Bertz CT molecular complexity index is 621. The average Bonchev–Trinajstić information content (AvgIpc) is 2.62. The number of nitrogens with zero attached hydrogens (tertiary/aromatic N) is 1.